The molecule has 0 bridgehead atoms. The van der Waals surface area contributed by atoms with Crippen LogP contribution in [0.15, 0.2) is 77.4 Å². The summed E-state index contributed by atoms with van der Waals surface area (Å²) in [4.78, 5) is 0. The molecule has 0 aromatic heterocycles. The van der Waals surface area contributed by atoms with Crippen molar-refractivity contribution in [2.45, 2.75) is 112 Å². The molecule has 3 aromatic carbocycles. The van der Waals surface area contributed by atoms with Gasteiger partial charge in [-0.1, -0.05) is 149 Å². The monoisotopic (exact) mass is 590 g/mol. The average Bonchev–Trinajstić information content (AvgIpc) is 3.08. The number of aryl methyl sites for hydroxylation is 2. The molecule has 0 aliphatic heterocycles. The lowest BCUT2D eigenvalue weighted by Gasteiger charge is -2.32. The van der Waals surface area contributed by atoms with Gasteiger partial charge < -0.3 is 0 Å². The lowest BCUT2D eigenvalue weighted by molar-refractivity contribution is 0.568. The third-order valence-electron chi connectivity index (χ3n) is 9.30. The van der Waals surface area contributed by atoms with Crippen molar-refractivity contribution in [3.63, 3.8) is 0 Å². The van der Waals surface area contributed by atoms with Crippen LogP contribution < -0.4 is 10.4 Å². The molecule has 0 nitrogen and oxygen atoms in total. The highest BCUT2D eigenvalue weighted by atomic mass is 28.3. The van der Waals surface area contributed by atoms with Gasteiger partial charge in [-0.2, -0.15) is 0 Å². The van der Waals surface area contributed by atoms with E-state index in [1.807, 2.05) is 0 Å². The van der Waals surface area contributed by atoms with Crippen LogP contribution in [0.3, 0.4) is 0 Å². The van der Waals surface area contributed by atoms with E-state index in [0.29, 0.717) is 21.0 Å². The third-order valence-corrected chi connectivity index (χ3v) is 13.0. The molecule has 2 unspecified atom stereocenters. The fraction of sp³-hybridized carbons (Fsp3) is 0.450. The molecule has 0 amide bonds. The van der Waals surface area contributed by atoms with Gasteiger partial charge in [0.25, 0.3) is 0 Å². The molecule has 3 aromatic rings. The second-order valence-electron chi connectivity index (χ2n) is 16.0. The molecule has 2 atom stereocenters. The van der Waals surface area contributed by atoms with Gasteiger partial charge in [-0.15, -0.1) is 0 Å². The van der Waals surface area contributed by atoms with Crippen LogP contribution in [-0.2, 0) is 10.8 Å². The van der Waals surface area contributed by atoms with Crippen LogP contribution in [0.5, 0.6) is 0 Å². The number of rotatable bonds is 6. The second kappa shape index (κ2) is 11.6. The van der Waals surface area contributed by atoms with Crippen molar-refractivity contribution in [3.05, 3.63) is 111 Å². The fourth-order valence-electron chi connectivity index (χ4n) is 6.45. The van der Waals surface area contributed by atoms with E-state index in [9.17, 15) is 0 Å². The zero-order chi connectivity index (χ0) is 31.4. The summed E-state index contributed by atoms with van der Waals surface area (Å²) >= 11 is 0. The van der Waals surface area contributed by atoms with E-state index in [4.69, 9.17) is 0 Å². The van der Waals surface area contributed by atoms with Crippen molar-refractivity contribution in [3.8, 4) is 0 Å². The summed E-state index contributed by atoms with van der Waals surface area (Å²) in [6.07, 6.45) is 0. The molecule has 4 rings (SSSR count). The molecule has 2 radical (unpaired) electrons. The zero-order valence-corrected chi connectivity index (χ0v) is 30.9. The van der Waals surface area contributed by atoms with Crippen LogP contribution >= 0.6 is 0 Å². The predicted octanol–water partition coefficient (Wildman–Crippen LogP) is 9.95. The van der Waals surface area contributed by atoms with Crippen LogP contribution in [0.2, 0.25) is 19.6 Å². The molecular weight excluding hydrogens is 537 g/mol. The Balaban J connectivity index is 1.97. The van der Waals surface area contributed by atoms with Gasteiger partial charge in [0.2, 0.25) is 0 Å². The van der Waals surface area contributed by atoms with Gasteiger partial charge in [0.05, 0.1) is 17.6 Å². The van der Waals surface area contributed by atoms with Gasteiger partial charge in [-0.05, 0) is 90.0 Å². The SMILES string of the molecule is CC1=C(C)C(C([Si]c2cccc([Si](C)(C)C)c2)c2cc(C)cc(C)c2)C(c2cc(C(C)(C)C)cc(C(C)(C)C)c2)=C1C. The van der Waals surface area contributed by atoms with Crippen molar-refractivity contribution in [2.24, 2.45) is 5.92 Å². The number of hydrogen-bond donors (Lipinski definition) is 0. The Morgan fingerprint density at radius 1 is 0.667 bits per heavy atom. The minimum absolute atomic E-state index is 0.0855. The van der Waals surface area contributed by atoms with Crippen LogP contribution in [-0.4, -0.2) is 17.6 Å². The van der Waals surface area contributed by atoms with E-state index in [1.54, 1.807) is 16.3 Å². The third kappa shape index (κ3) is 6.86. The first-order valence-corrected chi connectivity index (χ1v) is 20.4. The summed E-state index contributed by atoms with van der Waals surface area (Å²) in [5, 5.41) is 3.05. The van der Waals surface area contributed by atoms with Crippen LogP contribution in [0.4, 0.5) is 0 Å². The molecule has 1 aliphatic rings. The van der Waals surface area contributed by atoms with Crippen molar-refractivity contribution in [1.29, 1.82) is 0 Å². The quantitative estimate of drug-likeness (QED) is 0.251. The predicted molar refractivity (Wildman–Crippen MR) is 192 cm³/mol. The molecule has 0 saturated heterocycles. The van der Waals surface area contributed by atoms with Crippen molar-refractivity contribution >= 4 is 33.5 Å². The molecule has 0 N–H and O–H groups in total. The van der Waals surface area contributed by atoms with E-state index in [1.165, 1.54) is 49.7 Å². The van der Waals surface area contributed by atoms with Gasteiger partial charge in [0.15, 0.2) is 0 Å². The smallest absolute Gasteiger partial charge is 0.0656 e. The highest BCUT2D eigenvalue weighted by Crippen LogP contribution is 2.50. The average molecular weight is 591 g/mol. The largest absolute Gasteiger partial charge is 0.0900 e. The van der Waals surface area contributed by atoms with E-state index in [2.05, 4.69) is 156 Å². The molecule has 0 saturated carbocycles. The van der Waals surface area contributed by atoms with Crippen LogP contribution in [0.1, 0.15) is 101 Å². The molecule has 0 heterocycles. The van der Waals surface area contributed by atoms with Gasteiger partial charge in [0, 0.05) is 5.92 Å². The first-order chi connectivity index (χ1) is 19.3. The Kier molecular flexibility index (Phi) is 8.96. The highest BCUT2D eigenvalue weighted by Gasteiger charge is 2.37. The number of benzene rings is 3. The van der Waals surface area contributed by atoms with E-state index >= 15 is 0 Å². The van der Waals surface area contributed by atoms with E-state index in [-0.39, 0.29) is 10.8 Å². The molecule has 2 heteroatoms. The Morgan fingerprint density at radius 2 is 1.21 bits per heavy atom. The van der Waals surface area contributed by atoms with Gasteiger partial charge >= 0.3 is 0 Å². The van der Waals surface area contributed by atoms with Gasteiger partial charge in [-0.3, -0.25) is 0 Å². The van der Waals surface area contributed by atoms with Crippen LogP contribution in [0, 0.1) is 19.8 Å². The standard InChI is InChI=1S/C40H54Si2/c1-25-18-26(2)20-31(19-25)38(41-34-16-15-17-35(24-34)42(12,13)14)37-29(5)27(3)28(4)36(37)30-21-32(39(6,7)8)23-33(22-30)40(9,10)11/h15-24,37-38H,1-14H3. The van der Waals surface area contributed by atoms with E-state index < -0.39 is 8.07 Å². The topological polar surface area (TPSA) is 0 Å². The lowest BCUT2D eigenvalue weighted by Crippen LogP contribution is -2.40. The molecule has 0 fully saturated rings. The maximum absolute atomic E-state index is 2.54. The number of hydrogen-bond acceptors (Lipinski definition) is 0. The molecule has 0 spiro atoms. The minimum atomic E-state index is -1.41. The van der Waals surface area contributed by atoms with Crippen molar-refractivity contribution in [1.82, 2.24) is 0 Å². The first kappa shape index (κ1) is 32.5. The minimum Gasteiger partial charge on any atom is -0.0656 e. The highest BCUT2D eigenvalue weighted by molar-refractivity contribution is 6.89. The summed E-state index contributed by atoms with van der Waals surface area (Å²) in [6, 6.07) is 24.3. The maximum atomic E-state index is 2.54. The first-order valence-electron chi connectivity index (χ1n) is 15.8. The normalized spacial score (nSPS) is 17.3. The maximum Gasteiger partial charge on any atom is 0.0900 e. The second-order valence-corrected chi connectivity index (χ2v) is 22.6. The summed E-state index contributed by atoms with van der Waals surface area (Å²) < 4.78 is 0. The Labute approximate surface area is 261 Å². The summed E-state index contributed by atoms with van der Waals surface area (Å²) in [5.74, 6) is 0.350. The molecule has 1 aliphatic carbocycles. The summed E-state index contributed by atoms with van der Waals surface area (Å²) in [7, 11) is -0.711. The number of allylic oxidation sites excluding steroid dienone is 4. The molecule has 42 heavy (non-hydrogen) atoms. The van der Waals surface area contributed by atoms with E-state index in [0.717, 1.165) is 0 Å². The fourth-order valence-corrected chi connectivity index (χ4v) is 9.48. The van der Waals surface area contributed by atoms with Crippen molar-refractivity contribution < 1.29 is 0 Å². The van der Waals surface area contributed by atoms with Crippen LogP contribution in [0.25, 0.3) is 5.57 Å². The molecule has 222 valence electrons. The molecular formula is C40H54Si2. The summed E-state index contributed by atoms with van der Waals surface area (Å²) in [6.45, 7) is 33.2. The van der Waals surface area contributed by atoms with Crippen molar-refractivity contribution in [2.75, 3.05) is 0 Å². The Hall–Kier alpha value is -2.43. The lowest BCUT2D eigenvalue weighted by atomic mass is 9.76. The van der Waals surface area contributed by atoms with Gasteiger partial charge in [-0.25, -0.2) is 0 Å². The Bertz CT molecular complexity index is 1490. The summed E-state index contributed by atoms with van der Waals surface area (Å²) in [5.41, 5.74) is 15.1. The zero-order valence-electron chi connectivity index (χ0n) is 28.9. The van der Waals surface area contributed by atoms with Gasteiger partial charge in [0.1, 0.15) is 0 Å². The Morgan fingerprint density at radius 3 is 1.71 bits per heavy atom.